The van der Waals surface area contributed by atoms with Gasteiger partial charge in [0, 0.05) is 11.6 Å². The molecule has 0 fully saturated rings. The minimum absolute atomic E-state index is 0.148. The number of amidine groups is 1. The van der Waals surface area contributed by atoms with Crippen LogP contribution < -0.4 is 14.8 Å². The van der Waals surface area contributed by atoms with Crippen molar-refractivity contribution >= 4 is 27.5 Å². The highest BCUT2D eigenvalue weighted by Gasteiger charge is 2.31. The first-order chi connectivity index (χ1) is 14.8. The molecule has 0 unspecified atom stereocenters. The number of nitrogens with one attached hydrogen (secondary N) is 2. The molecule has 158 valence electrons. The van der Waals surface area contributed by atoms with Gasteiger partial charge < -0.3 is 10.1 Å². The molecule has 8 nitrogen and oxygen atoms in total. The molecule has 0 radical (unpaired) electrons. The first-order valence-corrected chi connectivity index (χ1v) is 11.0. The molecule has 2 aromatic carbocycles. The Morgan fingerprint density at radius 2 is 1.84 bits per heavy atom. The Kier molecular flexibility index (Phi) is 5.43. The molecule has 0 spiro atoms. The molecule has 2 N–H and O–H groups in total. The van der Waals surface area contributed by atoms with Crippen LogP contribution in [0.3, 0.4) is 0 Å². The van der Waals surface area contributed by atoms with Crippen molar-refractivity contribution in [3.63, 3.8) is 0 Å². The van der Waals surface area contributed by atoms with Gasteiger partial charge in [-0.2, -0.15) is 0 Å². The molecule has 1 aromatic heterocycles. The second-order valence-electron chi connectivity index (χ2n) is 7.04. The zero-order chi connectivity index (χ0) is 22.0. The summed E-state index contributed by atoms with van der Waals surface area (Å²) in [6, 6.07) is 16.6. The Morgan fingerprint density at radius 3 is 2.55 bits per heavy atom. The number of sulfonamides is 1. The van der Waals surface area contributed by atoms with E-state index in [9.17, 15) is 13.2 Å². The maximum atomic E-state index is 12.5. The minimum atomic E-state index is -3.65. The van der Waals surface area contributed by atoms with Crippen molar-refractivity contribution in [2.24, 2.45) is 4.99 Å². The van der Waals surface area contributed by atoms with E-state index in [1.165, 1.54) is 12.3 Å². The molecule has 0 bridgehead atoms. The van der Waals surface area contributed by atoms with Crippen LogP contribution in [0.15, 0.2) is 76.7 Å². The van der Waals surface area contributed by atoms with Crippen LogP contribution in [-0.2, 0) is 14.8 Å². The third-order valence-electron chi connectivity index (χ3n) is 4.61. The highest BCUT2D eigenvalue weighted by molar-refractivity contribution is 7.90. The van der Waals surface area contributed by atoms with Gasteiger partial charge in [-0.3, -0.25) is 14.5 Å². The molecule has 2 heterocycles. The number of anilines is 1. The maximum Gasteiger partial charge on any atom is 0.263 e. The summed E-state index contributed by atoms with van der Waals surface area (Å²) in [5.41, 5.74) is 2.05. The first-order valence-electron chi connectivity index (χ1n) is 9.53. The average molecular weight is 436 g/mol. The number of aliphatic imine (C=N–C) groups is 1. The van der Waals surface area contributed by atoms with Gasteiger partial charge in [0.2, 0.25) is 11.8 Å². The highest BCUT2D eigenvalue weighted by Crippen LogP contribution is 2.23. The lowest BCUT2D eigenvalue weighted by atomic mass is 10.2. The van der Waals surface area contributed by atoms with E-state index in [0.29, 0.717) is 22.9 Å². The van der Waals surface area contributed by atoms with E-state index in [2.05, 4.69) is 20.0 Å². The van der Waals surface area contributed by atoms with Crippen LogP contribution in [0.25, 0.3) is 0 Å². The van der Waals surface area contributed by atoms with Gasteiger partial charge in [-0.25, -0.2) is 13.4 Å². The number of pyridine rings is 1. The lowest BCUT2D eigenvalue weighted by Gasteiger charge is -2.10. The number of carbonyl (C=O) groups is 1. The number of rotatable bonds is 5. The van der Waals surface area contributed by atoms with Crippen molar-refractivity contribution in [1.29, 1.82) is 0 Å². The topological polar surface area (TPSA) is 110 Å². The standard InChI is InChI=1S/C22H20N4O4S/c1-14-7-10-17(11-8-14)30-20-12-9-16(13-23-20)25-22(27)15(2)24-21-18-5-3-4-6-19(18)31(28,29)26-21/h3-13,15H,1-2H3,(H,24,26)(H,25,27)/t15-/m0/s1. The summed E-state index contributed by atoms with van der Waals surface area (Å²) in [5.74, 6) is 0.814. The molecular weight excluding hydrogens is 416 g/mol. The van der Waals surface area contributed by atoms with Crippen LogP contribution >= 0.6 is 0 Å². The molecule has 4 rings (SSSR count). The second-order valence-corrected chi connectivity index (χ2v) is 8.70. The number of aryl methyl sites for hydroxylation is 1. The van der Waals surface area contributed by atoms with Crippen LogP contribution in [0.2, 0.25) is 0 Å². The van der Waals surface area contributed by atoms with E-state index in [1.54, 1.807) is 37.3 Å². The summed E-state index contributed by atoms with van der Waals surface area (Å²) in [6.07, 6.45) is 1.48. The third kappa shape index (κ3) is 4.56. The van der Waals surface area contributed by atoms with Gasteiger partial charge in [0.05, 0.1) is 16.8 Å². The van der Waals surface area contributed by atoms with Crippen molar-refractivity contribution in [3.8, 4) is 11.6 Å². The van der Waals surface area contributed by atoms with Crippen LogP contribution in [0.5, 0.6) is 11.6 Å². The number of benzene rings is 2. The summed E-state index contributed by atoms with van der Waals surface area (Å²) < 4.78 is 32.4. The van der Waals surface area contributed by atoms with Gasteiger partial charge in [-0.15, -0.1) is 0 Å². The monoisotopic (exact) mass is 436 g/mol. The van der Waals surface area contributed by atoms with Crippen LogP contribution in [-0.4, -0.2) is 31.2 Å². The minimum Gasteiger partial charge on any atom is -0.439 e. The van der Waals surface area contributed by atoms with E-state index in [-0.39, 0.29) is 10.7 Å². The Balaban J connectivity index is 1.42. The first kappa shape index (κ1) is 20.5. The lowest BCUT2D eigenvalue weighted by molar-refractivity contribution is -0.117. The number of hydrogen-bond acceptors (Lipinski definition) is 6. The Morgan fingerprint density at radius 1 is 1.10 bits per heavy atom. The van der Waals surface area contributed by atoms with Crippen molar-refractivity contribution in [2.45, 2.75) is 24.8 Å². The fraction of sp³-hybridized carbons (Fsp3) is 0.136. The fourth-order valence-corrected chi connectivity index (χ4v) is 4.21. The number of fused-ring (bicyclic) bond motifs is 1. The fourth-order valence-electron chi connectivity index (χ4n) is 2.97. The van der Waals surface area contributed by atoms with E-state index in [4.69, 9.17) is 4.74 Å². The number of nitrogens with zero attached hydrogens (tertiary/aromatic N) is 2. The van der Waals surface area contributed by atoms with Gasteiger partial charge in [-0.05, 0) is 44.2 Å². The predicted octanol–water partition coefficient (Wildman–Crippen LogP) is 3.25. The van der Waals surface area contributed by atoms with Gasteiger partial charge in [0.15, 0.2) is 0 Å². The van der Waals surface area contributed by atoms with E-state index < -0.39 is 22.0 Å². The number of carbonyl (C=O) groups excluding carboxylic acids is 1. The molecule has 1 atom stereocenters. The molecule has 31 heavy (non-hydrogen) atoms. The number of aromatic nitrogens is 1. The smallest absolute Gasteiger partial charge is 0.263 e. The SMILES string of the molecule is Cc1ccc(Oc2ccc(NC(=O)[C@H](C)N=C3NS(=O)(=O)c4ccccc43)cn2)cc1. The van der Waals surface area contributed by atoms with E-state index in [0.717, 1.165) is 5.56 Å². The maximum absolute atomic E-state index is 12.5. The molecule has 9 heteroatoms. The zero-order valence-electron chi connectivity index (χ0n) is 16.9. The average Bonchev–Trinajstić information content (AvgIpc) is 3.01. The molecule has 1 amide bonds. The molecule has 1 aliphatic heterocycles. The van der Waals surface area contributed by atoms with E-state index >= 15 is 0 Å². The van der Waals surface area contributed by atoms with Gasteiger partial charge >= 0.3 is 0 Å². The van der Waals surface area contributed by atoms with Crippen LogP contribution in [0.1, 0.15) is 18.1 Å². The molecule has 0 saturated carbocycles. The quantitative estimate of drug-likeness (QED) is 0.638. The summed E-state index contributed by atoms with van der Waals surface area (Å²) in [7, 11) is -3.65. The van der Waals surface area contributed by atoms with Gasteiger partial charge in [-0.1, -0.05) is 29.8 Å². The van der Waals surface area contributed by atoms with Crippen LogP contribution in [0.4, 0.5) is 5.69 Å². The largest absolute Gasteiger partial charge is 0.439 e. The summed E-state index contributed by atoms with van der Waals surface area (Å²) in [6.45, 7) is 3.58. The summed E-state index contributed by atoms with van der Waals surface area (Å²) >= 11 is 0. The molecule has 1 aliphatic rings. The predicted molar refractivity (Wildman–Crippen MR) is 117 cm³/mol. The van der Waals surface area contributed by atoms with Crippen LogP contribution in [0, 0.1) is 6.92 Å². The Bertz CT molecular complexity index is 1250. The van der Waals surface area contributed by atoms with Gasteiger partial charge in [0.25, 0.3) is 10.0 Å². The van der Waals surface area contributed by atoms with Gasteiger partial charge in [0.1, 0.15) is 17.6 Å². The normalized spacial score (nSPS) is 16.3. The molecule has 3 aromatic rings. The molecule has 0 aliphatic carbocycles. The molecule has 0 saturated heterocycles. The van der Waals surface area contributed by atoms with Crippen molar-refractivity contribution in [1.82, 2.24) is 9.71 Å². The number of ether oxygens (including phenoxy) is 1. The zero-order valence-corrected chi connectivity index (χ0v) is 17.7. The Labute approximate surface area is 180 Å². The Hall–Kier alpha value is -3.72. The summed E-state index contributed by atoms with van der Waals surface area (Å²) in [4.78, 5) is 21.1. The highest BCUT2D eigenvalue weighted by atomic mass is 32.2. The van der Waals surface area contributed by atoms with Crippen molar-refractivity contribution in [3.05, 3.63) is 78.0 Å². The van der Waals surface area contributed by atoms with E-state index in [1.807, 2.05) is 31.2 Å². The van der Waals surface area contributed by atoms with Crippen molar-refractivity contribution < 1.29 is 17.9 Å². The third-order valence-corrected chi connectivity index (χ3v) is 6.01. The lowest BCUT2D eigenvalue weighted by Crippen LogP contribution is -2.28. The van der Waals surface area contributed by atoms with Crippen molar-refractivity contribution in [2.75, 3.05) is 5.32 Å². The molecular formula is C22H20N4O4S. The number of hydrogen-bond donors (Lipinski definition) is 2. The number of amides is 1. The second kappa shape index (κ2) is 8.19. The summed E-state index contributed by atoms with van der Waals surface area (Å²) in [5, 5.41) is 2.72.